The molecule has 0 aliphatic carbocycles. The molecule has 8 nitrogen and oxygen atoms in total. The zero-order valence-corrected chi connectivity index (χ0v) is 18.4. The van der Waals surface area contributed by atoms with E-state index in [1.54, 1.807) is 0 Å². The number of aromatic nitrogens is 2. The predicted molar refractivity (Wildman–Crippen MR) is 122 cm³/mol. The number of aliphatic carboxylic acids is 2. The van der Waals surface area contributed by atoms with E-state index in [0.29, 0.717) is 6.04 Å². The van der Waals surface area contributed by atoms with Gasteiger partial charge in [0.1, 0.15) is 0 Å². The first kappa shape index (κ1) is 23.7. The van der Waals surface area contributed by atoms with E-state index in [1.807, 2.05) is 24.3 Å². The first-order valence-electron chi connectivity index (χ1n) is 10.7. The van der Waals surface area contributed by atoms with Gasteiger partial charge in [-0.05, 0) is 43.0 Å². The van der Waals surface area contributed by atoms with Crippen LogP contribution in [-0.4, -0.2) is 49.9 Å². The third-order valence-corrected chi connectivity index (χ3v) is 5.58. The number of carboxylic acid groups (broad SMARTS) is 2. The van der Waals surface area contributed by atoms with Gasteiger partial charge in [-0.3, -0.25) is 9.58 Å². The molecule has 33 heavy (non-hydrogen) atoms. The first-order chi connectivity index (χ1) is 15.9. The standard InChI is InChI=1S/C23H24N4.C2H2O4/c1-18-23(21-8-3-2-4-9-21)17-27(25-18)22-10-12-26(13-11-22)16-20-7-5-6-19(14-20)15-24;3-1(4)2(5)6/h2-9,14,17,22H,10-13,16H2,1H3;(H,3,4)(H,5,6). The Bertz CT molecular complexity index is 1130. The zero-order chi connectivity index (χ0) is 23.8. The van der Waals surface area contributed by atoms with Crippen LogP contribution in [0.2, 0.25) is 0 Å². The molecule has 0 saturated carbocycles. The number of aryl methyl sites for hydroxylation is 1. The van der Waals surface area contributed by atoms with Crippen molar-refractivity contribution in [3.63, 3.8) is 0 Å². The van der Waals surface area contributed by atoms with Gasteiger partial charge in [-0.25, -0.2) is 9.59 Å². The summed E-state index contributed by atoms with van der Waals surface area (Å²) in [5.74, 6) is -3.65. The largest absolute Gasteiger partial charge is 0.473 e. The molecule has 1 aliphatic heterocycles. The molecule has 4 rings (SSSR count). The van der Waals surface area contributed by atoms with Crippen molar-refractivity contribution in [2.75, 3.05) is 13.1 Å². The molecule has 8 heteroatoms. The summed E-state index contributed by atoms with van der Waals surface area (Å²) >= 11 is 0. The Kier molecular flexibility index (Phi) is 7.95. The lowest BCUT2D eigenvalue weighted by atomic mass is 10.0. The number of hydrogen-bond donors (Lipinski definition) is 2. The molecule has 3 aromatic rings. The van der Waals surface area contributed by atoms with E-state index in [1.165, 1.54) is 16.7 Å². The Hall–Kier alpha value is -3.96. The number of hydrogen-bond acceptors (Lipinski definition) is 5. The highest BCUT2D eigenvalue weighted by Crippen LogP contribution is 2.28. The molecule has 2 heterocycles. The fourth-order valence-electron chi connectivity index (χ4n) is 3.91. The van der Waals surface area contributed by atoms with Crippen molar-refractivity contribution in [1.29, 1.82) is 5.26 Å². The summed E-state index contributed by atoms with van der Waals surface area (Å²) in [4.78, 5) is 20.7. The molecule has 0 atom stereocenters. The summed E-state index contributed by atoms with van der Waals surface area (Å²) in [7, 11) is 0. The Morgan fingerprint density at radius 2 is 1.73 bits per heavy atom. The molecular formula is C25H26N4O4. The van der Waals surface area contributed by atoms with Crippen LogP contribution in [0.15, 0.2) is 60.8 Å². The average molecular weight is 447 g/mol. The maximum absolute atomic E-state index is 9.10. The summed E-state index contributed by atoms with van der Waals surface area (Å²) in [5.41, 5.74) is 5.51. The smallest absolute Gasteiger partial charge is 0.414 e. The van der Waals surface area contributed by atoms with Gasteiger partial charge in [0.15, 0.2) is 0 Å². The number of carboxylic acids is 2. The number of benzene rings is 2. The van der Waals surface area contributed by atoms with Gasteiger partial charge in [0.05, 0.1) is 23.4 Å². The summed E-state index contributed by atoms with van der Waals surface area (Å²) in [6, 6.07) is 21.1. The van der Waals surface area contributed by atoms with Crippen molar-refractivity contribution in [3.05, 3.63) is 77.6 Å². The van der Waals surface area contributed by atoms with E-state index >= 15 is 0 Å². The number of piperidine rings is 1. The lowest BCUT2D eigenvalue weighted by Crippen LogP contribution is -2.34. The number of rotatable bonds is 4. The minimum Gasteiger partial charge on any atom is -0.473 e. The van der Waals surface area contributed by atoms with Crippen molar-refractivity contribution in [2.45, 2.75) is 32.4 Å². The van der Waals surface area contributed by atoms with E-state index < -0.39 is 11.9 Å². The van der Waals surface area contributed by atoms with Crippen molar-refractivity contribution in [1.82, 2.24) is 14.7 Å². The number of carbonyl (C=O) groups is 2. The Morgan fingerprint density at radius 1 is 1.06 bits per heavy atom. The average Bonchev–Trinajstić information content (AvgIpc) is 3.22. The monoisotopic (exact) mass is 446 g/mol. The van der Waals surface area contributed by atoms with Crippen LogP contribution in [0.4, 0.5) is 0 Å². The molecular weight excluding hydrogens is 420 g/mol. The Labute approximate surface area is 192 Å². The van der Waals surface area contributed by atoms with Crippen LogP contribution in [0.25, 0.3) is 11.1 Å². The number of likely N-dealkylation sites (tertiary alicyclic amines) is 1. The highest BCUT2D eigenvalue weighted by molar-refractivity contribution is 6.27. The Morgan fingerprint density at radius 3 is 2.33 bits per heavy atom. The van der Waals surface area contributed by atoms with Gasteiger partial charge in [0.25, 0.3) is 0 Å². The minimum atomic E-state index is -1.82. The lowest BCUT2D eigenvalue weighted by Gasteiger charge is -2.32. The van der Waals surface area contributed by atoms with Gasteiger partial charge in [0.2, 0.25) is 0 Å². The highest BCUT2D eigenvalue weighted by atomic mass is 16.4. The van der Waals surface area contributed by atoms with E-state index in [0.717, 1.165) is 43.7 Å². The van der Waals surface area contributed by atoms with Gasteiger partial charge >= 0.3 is 11.9 Å². The molecule has 0 unspecified atom stereocenters. The molecule has 0 bridgehead atoms. The van der Waals surface area contributed by atoms with Crippen LogP contribution in [0.3, 0.4) is 0 Å². The fourth-order valence-corrected chi connectivity index (χ4v) is 3.91. The van der Waals surface area contributed by atoms with Crippen molar-refractivity contribution in [2.24, 2.45) is 0 Å². The third kappa shape index (κ3) is 6.51. The molecule has 2 aromatic carbocycles. The van der Waals surface area contributed by atoms with Gasteiger partial charge in [-0.2, -0.15) is 10.4 Å². The summed E-state index contributed by atoms with van der Waals surface area (Å²) < 4.78 is 2.17. The van der Waals surface area contributed by atoms with Gasteiger partial charge in [-0.15, -0.1) is 0 Å². The van der Waals surface area contributed by atoms with E-state index in [9.17, 15) is 0 Å². The molecule has 0 spiro atoms. The fraction of sp³-hybridized carbons (Fsp3) is 0.280. The van der Waals surface area contributed by atoms with Crippen LogP contribution in [-0.2, 0) is 16.1 Å². The second kappa shape index (κ2) is 11.1. The van der Waals surface area contributed by atoms with E-state index in [-0.39, 0.29) is 0 Å². The summed E-state index contributed by atoms with van der Waals surface area (Å²) in [6.07, 6.45) is 4.42. The minimum absolute atomic E-state index is 0.461. The topological polar surface area (TPSA) is 119 Å². The second-order valence-corrected chi connectivity index (χ2v) is 7.90. The van der Waals surface area contributed by atoms with Crippen LogP contribution >= 0.6 is 0 Å². The third-order valence-electron chi connectivity index (χ3n) is 5.58. The zero-order valence-electron chi connectivity index (χ0n) is 18.4. The van der Waals surface area contributed by atoms with Crippen LogP contribution in [0, 0.1) is 18.3 Å². The highest BCUT2D eigenvalue weighted by Gasteiger charge is 2.22. The lowest BCUT2D eigenvalue weighted by molar-refractivity contribution is -0.159. The van der Waals surface area contributed by atoms with Crippen molar-refractivity contribution >= 4 is 11.9 Å². The molecule has 170 valence electrons. The molecule has 1 saturated heterocycles. The normalized spacial score (nSPS) is 14.1. The Balaban J connectivity index is 0.000000454. The van der Waals surface area contributed by atoms with Gasteiger partial charge in [-0.1, -0.05) is 42.5 Å². The quantitative estimate of drug-likeness (QED) is 0.586. The number of nitrogens with zero attached hydrogens (tertiary/aromatic N) is 4. The summed E-state index contributed by atoms with van der Waals surface area (Å²) in [5, 5.41) is 28.6. The number of nitriles is 1. The van der Waals surface area contributed by atoms with Crippen LogP contribution in [0.5, 0.6) is 0 Å². The summed E-state index contributed by atoms with van der Waals surface area (Å²) in [6.45, 7) is 5.12. The molecule has 1 fully saturated rings. The first-order valence-corrected chi connectivity index (χ1v) is 10.7. The molecule has 1 aliphatic rings. The van der Waals surface area contributed by atoms with E-state index in [2.05, 4.69) is 59.1 Å². The van der Waals surface area contributed by atoms with Crippen LogP contribution < -0.4 is 0 Å². The maximum Gasteiger partial charge on any atom is 0.414 e. The molecule has 0 amide bonds. The van der Waals surface area contributed by atoms with Crippen molar-refractivity contribution in [3.8, 4) is 17.2 Å². The van der Waals surface area contributed by atoms with Crippen LogP contribution in [0.1, 0.15) is 35.7 Å². The SMILES string of the molecule is Cc1nn(C2CCN(Cc3cccc(C#N)c3)CC2)cc1-c1ccccc1.O=C(O)C(=O)O. The predicted octanol–water partition coefficient (Wildman–Crippen LogP) is 3.72. The van der Waals surface area contributed by atoms with Crippen molar-refractivity contribution < 1.29 is 19.8 Å². The van der Waals surface area contributed by atoms with E-state index in [4.69, 9.17) is 30.2 Å². The second-order valence-electron chi connectivity index (χ2n) is 7.90. The maximum atomic E-state index is 9.10. The van der Waals surface area contributed by atoms with Gasteiger partial charge < -0.3 is 10.2 Å². The molecule has 0 radical (unpaired) electrons. The molecule has 1 aromatic heterocycles. The molecule has 2 N–H and O–H groups in total. The van der Waals surface area contributed by atoms with Gasteiger partial charge in [0, 0.05) is 31.4 Å².